The molecule has 6 nitrogen and oxygen atoms in total. The van der Waals surface area contributed by atoms with Gasteiger partial charge in [-0.25, -0.2) is 9.78 Å². The molecule has 2 fully saturated rings. The summed E-state index contributed by atoms with van der Waals surface area (Å²) in [5, 5.41) is 3.39. The van der Waals surface area contributed by atoms with Crippen LogP contribution in [-0.2, 0) is 4.74 Å². The first kappa shape index (κ1) is 15.2. The molecule has 0 bridgehead atoms. The number of carbonyl (C=O) groups excluding carboxylic acids is 1. The average molecular weight is 304 g/mol. The lowest BCUT2D eigenvalue weighted by atomic mass is 10.2. The molecule has 1 unspecified atom stereocenters. The number of carbonyl (C=O) groups is 1. The van der Waals surface area contributed by atoms with Crippen LogP contribution in [0.25, 0.3) is 0 Å². The number of hydrogen-bond donors (Lipinski definition) is 1. The van der Waals surface area contributed by atoms with Gasteiger partial charge in [-0.1, -0.05) is 0 Å². The first-order valence-electron chi connectivity index (χ1n) is 8.11. The van der Waals surface area contributed by atoms with E-state index in [0.29, 0.717) is 18.2 Å². The van der Waals surface area contributed by atoms with Crippen molar-refractivity contribution in [1.82, 2.24) is 15.2 Å². The summed E-state index contributed by atoms with van der Waals surface area (Å²) in [6, 6.07) is 4.15. The van der Waals surface area contributed by atoms with Gasteiger partial charge in [0.05, 0.1) is 6.61 Å². The maximum atomic E-state index is 12.1. The summed E-state index contributed by atoms with van der Waals surface area (Å²) in [5.74, 6) is 0.481. The average Bonchev–Trinajstić information content (AvgIpc) is 3.06. The Bertz CT molecular complexity index is 517. The van der Waals surface area contributed by atoms with Crippen LogP contribution in [0.2, 0.25) is 0 Å². The summed E-state index contributed by atoms with van der Waals surface area (Å²) in [6.45, 7) is 8.42. The van der Waals surface area contributed by atoms with E-state index in [0.717, 1.165) is 51.5 Å². The molecule has 2 saturated heterocycles. The molecule has 120 valence electrons. The van der Waals surface area contributed by atoms with Gasteiger partial charge in [-0.15, -0.1) is 0 Å². The van der Waals surface area contributed by atoms with Crippen molar-refractivity contribution in [1.29, 1.82) is 0 Å². The Morgan fingerprint density at radius 3 is 3.00 bits per heavy atom. The maximum absolute atomic E-state index is 12.1. The van der Waals surface area contributed by atoms with Crippen molar-refractivity contribution in [3.63, 3.8) is 0 Å². The molecule has 0 radical (unpaired) electrons. The van der Waals surface area contributed by atoms with Crippen LogP contribution in [0.3, 0.4) is 0 Å². The van der Waals surface area contributed by atoms with Crippen LogP contribution in [0.1, 0.15) is 23.7 Å². The van der Waals surface area contributed by atoms with Gasteiger partial charge in [0.25, 0.3) is 0 Å². The van der Waals surface area contributed by atoms with Crippen LogP contribution in [0.15, 0.2) is 18.3 Å². The molecular formula is C16H24N4O2. The van der Waals surface area contributed by atoms with Gasteiger partial charge in [0.1, 0.15) is 11.4 Å². The van der Waals surface area contributed by atoms with Crippen molar-refractivity contribution in [2.45, 2.75) is 19.4 Å². The Balaban J connectivity index is 1.71. The number of anilines is 1. The second-order valence-corrected chi connectivity index (χ2v) is 5.77. The van der Waals surface area contributed by atoms with E-state index < -0.39 is 0 Å². The van der Waals surface area contributed by atoms with E-state index in [1.54, 1.807) is 18.3 Å². The summed E-state index contributed by atoms with van der Waals surface area (Å²) < 4.78 is 5.15. The first-order chi connectivity index (χ1) is 10.8. The molecule has 6 heteroatoms. The van der Waals surface area contributed by atoms with E-state index in [1.165, 1.54) is 0 Å². The van der Waals surface area contributed by atoms with Crippen molar-refractivity contribution < 1.29 is 9.53 Å². The number of rotatable bonds is 4. The van der Waals surface area contributed by atoms with Crippen molar-refractivity contribution in [3.8, 4) is 0 Å². The minimum atomic E-state index is -0.281. The van der Waals surface area contributed by atoms with E-state index in [4.69, 9.17) is 4.74 Å². The summed E-state index contributed by atoms with van der Waals surface area (Å²) >= 11 is 0. The highest BCUT2D eigenvalue weighted by Gasteiger charge is 2.31. The number of aromatic nitrogens is 1. The maximum Gasteiger partial charge on any atom is 0.341 e. The zero-order chi connectivity index (χ0) is 15.4. The Kier molecular flexibility index (Phi) is 4.90. The molecule has 1 atom stereocenters. The Morgan fingerprint density at radius 1 is 1.41 bits per heavy atom. The number of esters is 1. The smallest absolute Gasteiger partial charge is 0.341 e. The second-order valence-electron chi connectivity index (χ2n) is 5.77. The molecule has 0 spiro atoms. The standard InChI is InChI=1S/C16H24N4O2/c1-2-22-16(21)14-4-3-6-18-15(14)20-9-5-13(12-20)19-10-7-17-8-11-19/h3-4,6,13,17H,2,5,7-12H2,1H3. The predicted molar refractivity (Wildman–Crippen MR) is 85.3 cm³/mol. The molecule has 3 heterocycles. The first-order valence-corrected chi connectivity index (χ1v) is 8.11. The molecule has 1 aromatic heterocycles. The Hall–Kier alpha value is -1.66. The van der Waals surface area contributed by atoms with E-state index in [9.17, 15) is 4.79 Å². The van der Waals surface area contributed by atoms with Crippen molar-refractivity contribution >= 4 is 11.8 Å². The molecule has 0 amide bonds. The fourth-order valence-corrected chi connectivity index (χ4v) is 3.30. The monoisotopic (exact) mass is 304 g/mol. The molecule has 2 aliphatic heterocycles. The fourth-order valence-electron chi connectivity index (χ4n) is 3.30. The molecule has 0 aromatic carbocycles. The largest absolute Gasteiger partial charge is 0.462 e. The van der Waals surface area contributed by atoms with E-state index in [1.807, 2.05) is 6.92 Å². The fraction of sp³-hybridized carbons (Fsp3) is 0.625. The van der Waals surface area contributed by atoms with Crippen molar-refractivity contribution in [2.75, 3.05) is 50.8 Å². The summed E-state index contributed by atoms with van der Waals surface area (Å²) in [4.78, 5) is 21.3. The minimum absolute atomic E-state index is 0.281. The molecule has 0 aliphatic carbocycles. The van der Waals surface area contributed by atoms with Gasteiger partial charge in [0.15, 0.2) is 0 Å². The summed E-state index contributed by atoms with van der Waals surface area (Å²) in [5.41, 5.74) is 0.574. The number of nitrogens with one attached hydrogen (secondary N) is 1. The molecule has 2 aliphatic rings. The van der Waals surface area contributed by atoms with Crippen molar-refractivity contribution in [3.05, 3.63) is 23.9 Å². The van der Waals surface area contributed by atoms with Crippen LogP contribution in [0.5, 0.6) is 0 Å². The molecular weight excluding hydrogens is 280 g/mol. The van der Waals surface area contributed by atoms with Crippen LogP contribution < -0.4 is 10.2 Å². The number of hydrogen-bond acceptors (Lipinski definition) is 6. The number of nitrogens with zero attached hydrogens (tertiary/aromatic N) is 3. The zero-order valence-electron chi connectivity index (χ0n) is 13.1. The third-order valence-electron chi connectivity index (χ3n) is 4.41. The number of piperazine rings is 1. The van der Waals surface area contributed by atoms with Crippen LogP contribution in [0, 0.1) is 0 Å². The van der Waals surface area contributed by atoms with Gasteiger partial charge in [-0.05, 0) is 25.5 Å². The highest BCUT2D eigenvalue weighted by Crippen LogP contribution is 2.25. The zero-order valence-corrected chi connectivity index (χ0v) is 13.1. The van der Waals surface area contributed by atoms with Gasteiger partial charge in [0.2, 0.25) is 0 Å². The normalized spacial score (nSPS) is 22.8. The van der Waals surface area contributed by atoms with Crippen LogP contribution in [-0.4, -0.2) is 67.8 Å². The molecule has 1 N–H and O–H groups in total. The summed E-state index contributed by atoms with van der Waals surface area (Å²) in [6.07, 6.45) is 2.87. The minimum Gasteiger partial charge on any atom is -0.462 e. The third-order valence-corrected chi connectivity index (χ3v) is 4.41. The number of ether oxygens (including phenoxy) is 1. The van der Waals surface area contributed by atoms with Crippen LogP contribution in [0.4, 0.5) is 5.82 Å². The lowest BCUT2D eigenvalue weighted by Gasteiger charge is -2.32. The predicted octanol–water partition coefficient (Wildman–Crippen LogP) is 0.742. The summed E-state index contributed by atoms with van der Waals surface area (Å²) in [7, 11) is 0. The third kappa shape index (κ3) is 3.23. The molecule has 0 saturated carbocycles. The topological polar surface area (TPSA) is 57.7 Å². The van der Waals surface area contributed by atoms with Gasteiger partial charge in [0, 0.05) is 51.5 Å². The SMILES string of the molecule is CCOC(=O)c1cccnc1N1CCC(N2CCNCC2)C1. The molecule has 1 aromatic rings. The van der Waals surface area contributed by atoms with Gasteiger partial charge < -0.3 is 15.0 Å². The second kappa shape index (κ2) is 7.07. The highest BCUT2D eigenvalue weighted by molar-refractivity contribution is 5.94. The number of pyridine rings is 1. The quantitative estimate of drug-likeness (QED) is 0.828. The van der Waals surface area contributed by atoms with Gasteiger partial charge >= 0.3 is 5.97 Å². The van der Waals surface area contributed by atoms with E-state index >= 15 is 0 Å². The Morgan fingerprint density at radius 2 is 2.23 bits per heavy atom. The molecule has 3 rings (SSSR count). The lowest BCUT2D eigenvalue weighted by Crippen LogP contribution is -2.49. The van der Waals surface area contributed by atoms with Gasteiger partial charge in [-0.3, -0.25) is 4.90 Å². The Labute approximate surface area is 131 Å². The van der Waals surface area contributed by atoms with Gasteiger partial charge in [-0.2, -0.15) is 0 Å². The highest BCUT2D eigenvalue weighted by atomic mass is 16.5. The molecule has 22 heavy (non-hydrogen) atoms. The van der Waals surface area contributed by atoms with E-state index in [2.05, 4.69) is 20.1 Å². The van der Waals surface area contributed by atoms with Crippen molar-refractivity contribution in [2.24, 2.45) is 0 Å². The van der Waals surface area contributed by atoms with E-state index in [-0.39, 0.29) is 5.97 Å². The lowest BCUT2D eigenvalue weighted by molar-refractivity contribution is 0.0526. The van der Waals surface area contributed by atoms with Crippen LogP contribution >= 0.6 is 0 Å².